The standard InChI is InChI=1S/C47H49N5O4/c1-35(2)42(43(54)48-46(3,4)5)49(33-37-23-13-7-14-24-37)41(53)34-50-44(55)51(39-27-17-9-18-28-39)45(56)52(40-29-19-10-20-30-40)47(50,38-25-15-8-16-26-38)32-31-36-21-11-6-12-22-36/h6-32,35,42H,33-34H2,1-5H3,(H,48,54)/b32-31+. The van der Waals surface area contributed by atoms with Gasteiger partial charge in [0.2, 0.25) is 11.8 Å². The van der Waals surface area contributed by atoms with Crippen LogP contribution in [0.2, 0.25) is 0 Å². The van der Waals surface area contributed by atoms with Crippen molar-refractivity contribution in [3.63, 3.8) is 0 Å². The highest BCUT2D eigenvalue weighted by Gasteiger charge is 2.56. The number of anilines is 2. The van der Waals surface area contributed by atoms with Crippen LogP contribution in [0.5, 0.6) is 0 Å². The molecule has 1 aliphatic heterocycles. The van der Waals surface area contributed by atoms with Crippen LogP contribution in [0.4, 0.5) is 21.0 Å². The topological polar surface area (TPSA) is 93.3 Å². The van der Waals surface area contributed by atoms with Crippen LogP contribution in [0.15, 0.2) is 158 Å². The van der Waals surface area contributed by atoms with E-state index in [1.54, 1.807) is 34.1 Å². The Hall–Kier alpha value is -6.48. The van der Waals surface area contributed by atoms with Gasteiger partial charge >= 0.3 is 12.1 Å². The number of rotatable bonds is 12. The van der Waals surface area contributed by atoms with Crippen LogP contribution >= 0.6 is 0 Å². The molecular formula is C47H49N5O4. The minimum atomic E-state index is -1.66. The Kier molecular flexibility index (Phi) is 11.8. The number of nitrogens with zero attached hydrogens (tertiary/aromatic N) is 4. The van der Waals surface area contributed by atoms with Gasteiger partial charge in [0, 0.05) is 23.3 Å². The molecule has 9 heteroatoms. The maximum absolute atomic E-state index is 15.4. The van der Waals surface area contributed by atoms with E-state index < -0.39 is 41.8 Å². The summed E-state index contributed by atoms with van der Waals surface area (Å²) < 4.78 is 0. The lowest BCUT2D eigenvalue weighted by atomic mass is 9.91. The molecule has 0 saturated carbocycles. The monoisotopic (exact) mass is 747 g/mol. The van der Waals surface area contributed by atoms with E-state index >= 15 is 14.4 Å². The number of hydrogen-bond donors (Lipinski definition) is 1. The number of benzene rings is 5. The van der Waals surface area contributed by atoms with Crippen molar-refractivity contribution in [2.24, 2.45) is 5.92 Å². The summed E-state index contributed by atoms with van der Waals surface area (Å²) in [5.74, 6) is -1.05. The first-order chi connectivity index (χ1) is 26.9. The molecule has 1 aliphatic rings. The van der Waals surface area contributed by atoms with Crippen molar-refractivity contribution in [2.45, 2.75) is 58.4 Å². The van der Waals surface area contributed by atoms with Crippen molar-refractivity contribution in [3.05, 3.63) is 174 Å². The predicted molar refractivity (Wildman–Crippen MR) is 222 cm³/mol. The summed E-state index contributed by atoms with van der Waals surface area (Å²) in [5.41, 5.74) is 0.871. The van der Waals surface area contributed by atoms with Gasteiger partial charge < -0.3 is 10.2 Å². The Morgan fingerprint density at radius 3 is 1.73 bits per heavy atom. The van der Waals surface area contributed by atoms with Crippen LogP contribution < -0.4 is 15.1 Å². The second kappa shape index (κ2) is 16.9. The molecule has 1 N–H and O–H groups in total. The molecule has 1 saturated heterocycles. The van der Waals surface area contributed by atoms with Gasteiger partial charge in [0.1, 0.15) is 12.6 Å². The van der Waals surface area contributed by atoms with E-state index in [2.05, 4.69) is 5.32 Å². The van der Waals surface area contributed by atoms with Gasteiger partial charge in [-0.15, -0.1) is 0 Å². The van der Waals surface area contributed by atoms with Crippen LogP contribution in [0.3, 0.4) is 0 Å². The SMILES string of the molecule is CC(C)C(C(=O)NC(C)(C)C)N(Cc1ccccc1)C(=O)CN1C(=O)N(c2ccccc2)C(=O)N(c2ccccc2)C1(/C=C/c1ccccc1)c1ccccc1. The third-order valence-electron chi connectivity index (χ3n) is 9.64. The van der Waals surface area contributed by atoms with Crippen LogP contribution in [0.25, 0.3) is 6.08 Å². The molecule has 5 aromatic carbocycles. The number of carbonyl (C=O) groups excluding carboxylic acids is 4. The highest BCUT2D eigenvalue weighted by molar-refractivity contribution is 6.22. The maximum Gasteiger partial charge on any atom is 0.339 e. The van der Waals surface area contributed by atoms with E-state index in [1.165, 1.54) is 4.90 Å². The van der Waals surface area contributed by atoms with Crippen LogP contribution in [-0.2, 0) is 21.8 Å². The number of urea groups is 2. The zero-order chi connectivity index (χ0) is 39.9. The Morgan fingerprint density at radius 2 is 1.20 bits per heavy atom. The number of carbonyl (C=O) groups is 4. The Balaban J connectivity index is 1.60. The summed E-state index contributed by atoms with van der Waals surface area (Å²) in [6.07, 6.45) is 3.69. The molecule has 1 heterocycles. The second-order valence-corrected chi connectivity index (χ2v) is 15.3. The number of amides is 6. The molecule has 0 spiro atoms. The molecule has 286 valence electrons. The molecule has 6 amide bonds. The number of imide groups is 1. The van der Waals surface area contributed by atoms with Crippen molar-refractivity contribution < 1.29 is 19.2 Å². The lowest BCUT2D eigenvalue weighted by Crippen LogP contribution is -2.73. The molecule has 1 fully saturated rings. The average Bonchev–Trinajstić information content (AvgIpc) is 3.19. The van der Waals surface area contributed by atoms with Gasteiger partial charge in [-0.1, -0.05) is 147 Å². The summed E-state index contributed by atoms with van der Waals surface area (Å²) in [6, 6.07) is 44.1. The summed E-state index contributed by atoms with van der Waals surface area (Å²) in [4.78, 5) is 65.8. The van der Waals surface area contributed by atoms with E-state index in [0.717, 1.165) is 16.0 Å². The van der Waals surface area contributed by atoms with Gasteiger partial charge in [0.25, 0.3) is 0 Å². The average molecular weight is 748 g/mol. The minimum absolute atomic E-state index is 0.115. The molecular weight excluding hydrogens is 699 g/mol. The van der Waals surface area contributed by atoms with Crippen molar-refractivity contribution >= 4 is 41.3 Å². The van der Waals surface area contributed by atoms with E-state index in [-0.39, 0.29) is 18.4 Å². The van der Waals surface area contributed by atoms with Crippen molar-refractivity contribution in [2.75, 3.05) is 16.3 Å². The zero-order valence-corrected chi connectivity index (χ0v) is 32.6. The number of hydrogen-bond acceptors (Lipinski definition) is 4. The summed E-state index contributed by atoms with van der Waals surface area (Å²) in [7, 11) is 0. The number of para-hydroxylation sites is 2. The fraction of sp³-hybridized carbons (Fsp3) is 0.234. The quantitative estimate of drug-likeness (QED) is 0.138. The lowest BCUT2D eigenvalue weighted by molar-refractivity contribution is -0.144. The molecule has 2 unspecified atom stereocenters. The Bertz CT molecular complexity index is 2140. The first-order valence-electron chi connectivity index (χ1n) is 18.9. The normalized spacial score (nSPS) is 16.6. The van der Waals surface area contributed by atoms with Crippen LogP contribution in [0.1, 0.15) is 51.3 Å². The molecule has 9 nitrogen and oxygen atoms in total. The van der Waals surface area contributed by atoms with E-state index in [0.29, 0.717) is 16.9 Å². The van der Waals surface area contributed by atoms with Gasteiger partial charge in [0.15, 0.2) is 5.66 Å². The zero-order valence-electron chi connectivity index (χ0n) is 32.6. The van der Waals surface area contributed by atoms with Crippen molar-refractivity contribution in [1.29, 1.82) is 0 Å². The van der Waals surface area contributed by atoms with Crippen LogP contribution in [0, 0.1) is 5.92 Å². The molecule has 6 rings (SSSR count). The molecule has 5 aromatic rings. The van der Waals surface area contributed by atoms with E-state index in [9.17, 15) is 4.79 Å². The third-order valence-corrected chi connectivity index (χ3v) is 9.64. The lowest BCUT2D eigenvalue weighted by Gasteiger charge is -2.54. The molecule has 0 bridgehead atoms. The number of nitrogens with one attached hydrogen (secondary N) is 1. The fourth-order valence-corrected chi connectivity index (χ4v) is 7.19. The molecule has 2 atom stereocenters. The van der Waals surface area contributed by atoms with Crippen LogP contribution in [-0.4, -0.2) is 51.8 Å². The van der Waals surface area contributed by atoms with Gasteiger partial charge in [-0.3, -0.25) is 19.4 Å². The predicted octanol–water partition coefficient (Wildman–Crippen LogP) is 9.09. The molecule has 0 aliphatic carbocycles. The van der Waals surface area contributed by atoms with Crippen molar-refractivity contribution in [1.82, 2.24) is 15.1 Å². The maximum atomic E-state index is 15.4. The smallest absolute Gasteiger partial charge is 0.339 e. The van der Waals surface area contributed by atoms with Gasteiger partial charge in [-0.25, -0.2) is 14.5 Å². The Labute approximate surface area is 329 Å². The van der Waals surface area contributed by atoms with Gasteiger partial charge in [0.05, 0.1) is 5.69 Å². The van der Waals surface area contributed by atoms with Gasteiger partial charge in [-0.2, -0.15) is 0 Å². The highest BCUT2D eigenvalue weighted by Crippen LogP contribution is 2.44. The molecule has 56 heavy (non-hydrogen) atoms. The summed E-state index contributed by atoms with van der Waals surface area (Å²) in [6.45, 7) is 9.16. The molecule has 0 aromatic heterocycles. The third kappa shape index (κ3) is 8.42. The highest BCUT2D eigenvalue weighted by atomic mass is 16.2. The first kappa shape index (κ1) is 39.2. The first-order valence-corrected chi connectivity index (χ1v) is 18.9. The summed E-state index contributed by atoms with van der Waals surface area (Å²) in [5, 5.41) is 3.09. The van der Waals surface area contributed by atoms with Gasteiger partial charge in [-0.05, 0) is 68.2 Å². The summed E-state index contributed by atoms with van der Waals surface area (Å²) >= 11 is 0. The van der Waals surface area contributed by atoms with E-state index in [1.807, 2.05) is 174 Å². The largest absolute Gasteiger partial charge is 0.350 e. The van der Waals surface area contributed by atoms with Crippen molar-refractivity contribution in [3.8, 4) is 0 Å². The Morgan fingerprint density at radius 1 is 0.696 bits per heavy atom. The minimum Gasteiger partial charge on any atom is -0.350 e. The fourth-order valence-electron chi connectivity index (χ4n) is 7.19. The second-order valence-electron chi connectivity index (χ2n) is 15.3. The molecule has 0 radical (unpaired) electrons. The van der Waals surface area contributed by atoms with E-state index in [4.69, 9.17) is 0 Å².